The molecule has 1 aliphatic carbocycles. The van der Waals surface area contributed by atoms with E-state index in [1.807, 2.05) is 5.51 Å². The maximum atomic E-state index is 5.82. The molecule has 3 nitrogen and oxygen atoms in total. The van der Waals surface area contributed by atoms with Crippen LogP contribution in [-0.4, -0.2) is 16.2 Å². The van der Waals surface area contributed by atoms with Crippen LogP contribution in [0.4, 0.5) is 0 Å². The van der Waals surface area contributed by atoms with E-state index in [1.165, 1.54) is 17.8 Å². The van der Waals surface area contributed by atoms with Crippen molar-refractivity contribution in [1.82, 2.24) is 10.2 Å². The van der Waals surface area contributed by atoms with Gasteiger partial charge in [-0.1, -0.05) is 0 Å². The van der Waals surface area contributed by atoms with Crippen LogP contribution in [0.5, 0.6) is 0 Å². The van der Waals surface area contributed by atoms with Crippen molar-refractivity contribution in [3.8, 4) is 0 Å². The number of rotatable bonds is 1. The van der Waals surface area contributed by atoms with Gasteiger partial charge in [0.25, 0.3) is 0 Å². The first kappa shape index (κ1) is 10.9. The van der Waals surface area contributed by atoms with E-state index in [9.17, 15) is 0 Å². The van der Waals surface area contributed by atoms with Gasteiger partial charge in [0.15, 0.2) is 0 Å². The monoisotopic (exact) mass is 219 g/mol. The quantitative estimate of drug-likeness (QED) is 0.786. The maximum absolute atomic E-state index is 5.82. The van der Waals surface area contributed by atoms with Crippen molar-refractivity contribution in [3.63, 3.8) is 0 Å². The first-order chi connectivity index (χ1) is 5.86. The fraction of sp³-hybridized carbons (Fsp3) is 0.750. The van der Waals surface area contributed by atoms with Gasteiger partial charge in [-0.15, -0.1) is 33.9 Å². The zero-order valence-corrected chi connectivity index (χ0v) is 8.98. The first-order valence-electron chi connectivity index (χ1n) is 4.38. The fourth-order valence-corrected chi connectivity index (χ4v) is 2.45. The number of nitrogens with zero attached hydrogens (tertiary/aromatic N) is 2. The molecule has 0 radical (unpaired) electrons. The smallest absolute Gasteiger partial charge is 0.120 e. The van der Waals surface area contributed by atoms with Crippen LogP contribution in [-0.2, 0) is 0 Å². The van der Waals surface area contributed by atoms with Gasteiger partial charge < -0.3 is 5.73 Å². The van der Waals surface area contributed by atoms with Crippen molar-refractivity contribution in [3.05, 3.63) is 10.5 Å². The molecule has 1 fully saturated rings. The van der Waals surface area contributed by atoms with Crippen LogP contribution in [0.1, 0.15) is 36.6 Å². The lowest BCUT2D eigenvalue weighted by Crippen LogP contribution is -2.25. The van der Waals surface area contributed by atoms with Crippen LogP contribution in [0.15, 0.2) is 5.51 Å². The van der Waals surface area contributed by atoms with E-state index in [1.54, 1.807) is 11.3 Å². The van der Waals surface area contributed by atoms with Gasteiger partial charge >= 0.3 is 0 Å². The molecule has 0 atom stereocenters. The highest BCUT2D eigenvalue weighted by molar-refractivity contribution is 7.09. The van der Waals surface area contributed by atoms with Crippen LogP contribution >= 0.6 is 23.7 Å². The predicted molar refractivity (Wildman–Crippen MR) is 56.3 cm³/mol. The fourth-order valence-electron chi connectivity index (χ4n) is 1.73. The Labute approximate surface area is 88.2 Å². The molecule has 1 aromatic heterocycles. The number of hydrogen-bond acceptors (Lipinski definition) is 4. The van der Waals surface area contributed by atoms with Gasteiger partial charge in [0.05, 0.1) is 0 Å². The molecule has 0 amide bonds. The van der Waals surface area contributed by atoms with Crippen LogP contribution in [0.3, 0.4) is 0 Å². The summed E-state index contributed by atoms with van der Waals surface area (Å²) in [5.41, 5.74) is 7.63. The average molecular weight is 220 g/mol. The summed E-state index contributed by atoms with van der Waals surface area (Å²) in [5, 5.41) is 9.14. The Morgan fingerprint density at radius 1 is 1.31 bits per heavy atom. The highest BCUT2D eigenvalue weighted by atomic mass is 35.5. The van der Waals surface area contributed by atoms with E-state index < -0.39 is 0 Å². The summed E-state index contributed by atoms with van der Waals surface area (Å²) in [6, 6.07) is 0.425. The maximum Gasteiger partial charge on any atom is 0.120 e. The molecule has 0 saturated heterocycles. The summed E-state index contributed by atoms with van der Waals surface area (Å²) in [6.07, 6.45) is 4.67. The van der Waals surface area contributed by atoms with E-state index in [4.69, 9.17) is 5.73 Å². The molecular formula is C8H14ClN3S. The van der Waals surface area contributed by atoms with Gasteiger partial charge in [0.2, 0.25) is 0 Å². The minimum Gasteiger partial charge on any atom is -0.328 e. The minimum absolute atomic E-state index is 0. The van der Waals surface area contributed by atoms with Crippen LogP contribution in [0, 0.1) is 0 Å². The van der Waals surface area contributed by atoms with Gasteiger partial charge in [0.1, 0.15) is 10.5 Å². The third-order valence-corrected chi connectivity index (χ3v) is 3.35. The highest BCUT2D eigenvalue weighted by Crippen LogP contribution is 2.32. The molecule has 0 bridgehead atoms. The zero-order chi connectivity index (χ0) is 8.39. The Bertz CT molecular complexity index is 232. The molecule has 5 heteroatoms. The Kier molecular flexibility index (Phi) is 4.09. The number of hydrogen-bond donors (Lipinski definition) is 1. The summed E-state index contributed by atoms with van der Waals surface area (Å²) in [6.45, 7) is 0. The first-order valence-corrected chi connectivity index (χ1v) is 5.26. The molecule has 2 rings (SSSR count). The van der Waals surface area contributed by atoms with Crippen molar-refractivity contribution >= 4 is 23.7 Å². The molecule has 1 aliphatic rings. The lowest BCUT2D eigenvalue weighted by molar-refractivity contribution is 0.393. The van der Waals surface area contributed by atoms with Crippen molar-refractivity contribution < 1.29 is 0 Å². The highest BCUT2D eigenvalue weighted by Gasteiger charge is 2.21. The Balaban J connectivity index is 0.000000845. The van der Waals surface area contributed by atoms with E-state index in [2.05, 4.69) is 10.2 Å². The summed E-state index contributed by atoms with van der Waals surface area (Å²) >= 11 is 1.67. The third kappa shape index (κ3) is 2.62. The lowest BCUT2D eigenvalue weighted by Gasteiger charge is -2.23. The molecule has 1 heterocycles. The lowest BCUT2D eigenvalue weighted by atomic mass is 9.87. The molecule has 0 aromatic carbocycles. The summed E-state index contributed by atoms with van der Waals surface area (Å²) in [4.78, 5) is 0. The molecule has 0 unspecified atom stereocenters. The van der Waals surface area contributed by atoms with E-state index in [0.717, 1.165) is 12.8 Å². The van der Waals surface area contributed by atoms with Crippen molar-refractivity contribution in [1.29, 1.82) is 0 Å². The Morgan fingerprint density at radius 2 is 2.00 bits per heavy atom. The van der Waals surface area contributed by atoms with Crippen LogP contribution in [0.25, 0.3) is 0 Å². The second-order valence-electron chi connectivity index (χ2n) is 3.39. The molecular weight excluding hydrogens is 206 g/mol. The van der Waals surface area contributed by atoms with Gasteiger partial charge in [0, 0.05) is 12.0 Å². The number of nitrogens with two attached hydrogens (primary N) is 1. The van der Waals surface area contributed by atoms with E-state index in [-0.39, 0.29) is 12.4 Å². The third-order valence-electron chi connectivity index (χ3n) is 2.50. The van der Waals surface area contributed by atoms with Gasteiger partial charge in [-0.3, -0.25) is 0 Å². The molecule has 2 N–H and O–H groups in total. The Hall–Kier alpha value is -0.190. The SMILES string of the molecule is Cl.N[C@H]1CC[C@H](c2nncs2)CC1. The van der Waals surface area contributed by atoms with Gasteiger partial charge in [-0.05, 0) is 25.7 Å². The molecule has 0 aliphatic heterocycles. The molecule has 1 aromatic rings. The largest absolute Gasteiger partial charge is 0.328 e. The predicted octanol–water partition coefficient (Wildman–Crippen LogP) is 1.94. The number of aromatic nitrogens is 2. The zero-order valence-electron chi connectivity index (χ0n) is 7.35. The summed E-state index contributed by atoms with van der Waals surface area (Å²) < 4.78 is 0. The minimum atomic E-state index is 0. The van der Waals surface area contributed by atoms with Gasteiger partial charge in [-0.2, -0.15) is 0 Å². The molecule has 74 valence electrons. The van der Waals surface area contributed by atoms with Gasteiger partial charge in [-0.25, -0.2) is 0 Å². The van der Waals surface area contributed by atoms with Crippen molar-refractivity contribution in [2.45, 2.75) is 37.6 Å². The van der Waals surface area contributed by atoms with Crippen molar-refractivity contribution in [2.75, 3.05) is 0 Å². The standard InChI is InChI=1S/C8H13N3S.ClH/c9-7-3-1-6(2-4-7)8-11-10-5-12-8;/h5-7H,1-4,9H2;1H/t6-,7-;. The van der Waals surface area contributed by atoms with E-state index in [0.29, 0.717) is 12.0 Å². The summed E-state index contributed by atoms with van der Waals surface area (Å²) in [5.74, 6) is 0.636. The topological polar surface area (TPSA) is 51.8 Å². The van der Waals surface area contributed by atoms with Crippen LogP contribution in [0.2, 0.25) is 0 Å². The van der Waals surface area contributed by atoms with Crippen LogP contribution < -0.4 is 5.73 Å². The average Bonchev–Trinajstić information content (AvgIpc) is 2.58. The molecule has 13 heavy (non-hydrogen) atoms. The normalized spacial score (nSPS) is 28.1. The summed E-state index contributed by atoms with van der Waals surface area (Å²) in [7, 11) is 0. The van der Waals surface area contributed by atoms with Crippen molar-refractivity contribution in [2.24, 2.45) is 5.73 Å². The second-order valence-corrected chi connectivity index (χ2v) is 4.25. The molecule has 1 saturated carbocycles. The van der Waals surface area contributed by atoms with E-state index >= 15 is 0 Å². The second kappa shape index (κ2) is 4.88. The Morgan fingerprint density at radius 3 is 2.54 bits per heavy atom. The molecule has 0 spiro atoms. The number of halogens is 1.